The van der Waals surface area contributed by atoms with Crippen molar-refractivity contribution in [2.75, 3.05) is 5.73 Å². The summed E-state index contributed by atoms with van der Waals surface area (Å²) in [6.07, 6.45) is 3.28. The molecular formula is C18H20N2O. The Morgan fingerprint density at radius 2 is 1.90 bits per heavy atom. The summed E-state index contributed by atoms with van der Waals surface area (Å²) in [6.45, 7) is 4.01. The van der Waals surface area contributed by atoms with Gasteiger partial charge in [0.25, 0.3) is 0 Å². The van der Waals surface area contributed by atoms with Gasteiger partial charge in [0.2, 0.25) is 5.91 Å². The minimum absolute atomic E-state index is 0.0245. The lowest BCUT2D eigenvalue weighted by molar-refractivity contribution is -0.117. The Morgan fingerprint density at radius 1 is 1.19 bits per heavy atom. The van der Waals surface area contributed by atoms with E-state index in [1.54, 1.807) is 6.08 Å². The zero-order valence-corrected chi connectivity index (χ0v) is 12.3. The summed E-state index contributed by atoms with van der Waals surface area (Å²) in [5, 5.41) is 2.94. The van der Waals surface area contributed by atoms with Gasteiger partial charge in [0.05, 0.1) is 6.04 Å². The smallest absolute Gasteiger partial charge is 0.244 e. The molecular weight excluding hydrogens is 260 g/mol. The van der Waals surface area contributed by atoms with Crippen LogP contribution in [0.1, 0.15) is 29.7 Å². The van der Waals surface area contributed by atoms with Gasteiger partial charge >= 0.3 is 0 Å². The number of rotatable bonds is 4. The van der Waals surface area contributed by atoms with Gasteiger partial charge in [0, 0.05) is 11.8 Å². The molecule has 3 nitrogen and oxygen atoms in total. The average Bonchev–Trinajstić information content (AvgIpc) is 2.46. The molecule has 0 aliphatic carbocycles. The number of nitrogens with two attached hydrogens (primary N) is 1. The SMILES string of the molecule is Cc1ccc([C@@H](C)NC(=O)/C=C/c2cccc(N)c2)cc1. The highest BCUT2D eigenvalue weighted by atomic mass is 16.1. The van der Waals surface area contributed by atoms with Gasteiger partial charge in [-0.05, 0) is 43.2 Å². The first-order chi connectivity index (χ1) is 10.0. The van der Waals surface area contributed by atoms with Gasteiger partial charge in [-0.25, -0.2) is 0 Å². The van der Waals surface area contributed by atoms with Crippen molar-refractivity contribution in [1.82, 2.24) is 5.32 Å². The molecule has 2 aromatic carbocycles. The molecule has 0 spiro atoms. The predicted octanol–water partition coefficient (Wildman–Crippen LogP) is 3.47. The number of amides is 1. The van der Waals surface area contributed by atoms with Crippen molar-refractivity contribution >= 4 is 17.7 Å². The molecule has 0 aliphatic heterocycles. The van der Waals surface area contributed by atoms with Crippen LogP contribution < -0.4 is 11.1 Å². The van der Waals surface area contributed by atoms with Crippen molar-refractivity contribution in [2.24, 2.45) is 0 Å². The maximum absolute atomic E-state index is 11.9. The largest absolute Gasteiger partial charge is 0.399 e. The Bertz CT molecular complexity index is 645. The second-order valence-electron chi connectivity index (χ2n) is 5.14. The zero-order valence-electron chi connectivity index (χ0n) is 12.3. The van der Waals surface area contributed by atoms with Gasteiger partial charge in [0.15, 0.2) is 0 Å². The van der Waals surface area contributed by atoms with E-state index in [2.05, 4.69) is 5.32 Å². The summed E-state index contributed by atoms with van der Waals surface area (Å²) in [5.41, 5.74) is 9.59. The number of nitrogens with one attached hydrogen (secondary N) is 1. The Hall–Kier alpha value is -2.55. The van der Waals surface area contributed by atoms with Crippen molar-refractivity contribution in [3.63, 3.8) is 0 Å². The second-order valence-corrected chi connectivity index (χ2v) is 5.14. The van der Waals surface area contributed by atoms with E-state index in [1.165, 1.54) is 11.6 Å². The van der Waals surface area contributed by atoms with Gasteiger partial charge in [-0.1, -0.05) is 42.0 Å². The highest BCUT2D eigenvalue weighted by molar-refractivity contribution is 5.92. The average molecular weight is 280 g/mol. The van der Waals surface area contributed by atoms with Crippen LogP contribution in [0.5, 0.6) is 0 Å². The van der Waals surface area contributed by atoms with E-state index in [0.29, 0.717) is 5.69 Å². The van der Waals surface area contributed by atoms with Gasteiger partial charge in [-0.2, -0.15) is 0 Å². The van der Waals surface area contributed by atoms with E-state index < -0.39 is 0 Å². The van der Waals surface area contributed by atoms with E-state index >= 15 is 0 Å². The van der Waals surface area contributed by atoms with Crippen molar-refractivity contribution in [1.29, 1.82) is 0 Å². The molecule has 0 saturated carbocycles. The first-order valence-corrected chi connectivity index (χ1v) is 6.95. The monoisotopic (exact) mass is 280 g/mol. The molecule has 2 aromatic rings. The van der Waals surface area contributed by atoms with Crippen LogP contribution in [-0.2, 0) is 4.79 Å². The Morgan fingerprint density at radius 3 is 2.57 bits per heavy atom. The maximum Gasteiger partial charge on any atom is 0.244 e. The third kappa shape index (κ3) is 4.49. The number of anilines is 1. The molecule has 2 rings (SSSR count). The van der Waals surface area contributed by atoms with Crippen molar-refractivity contribution in [3.05, 3.63) is 71.3 Å². The summed E-state index contributed by atoms with van der Waals surface area (Å²) in [6, 6.07) is 15.5. The van der Waals surface area contributed by atoms with Crippen molar-refractivity contribution in [2.45, 2.75) is 19.9 Å². The molecule has 21 heavy (non-hydrogen) atoms. The van der Waals surface area contributed by atoms with E-state index in [-0.39, 0.29) is 11.9 Å². The molecule has 0 unspecified atom stereocenters. The fourth-order valence-electron chi connectivity index (χ4n) is 2.03. The van der Waals surface area contributed by atoms with E-state index in [4.69, 9.17) is 5.73 Å². The number of benzene rings is 2. The fourth-order valence-corrected chi connectivity index (χ4v) is 2.03. The minimum atomic E-state index is -0.120. The molecule has 0 heterocycles. The quantitative estimate of drug-likeness (QED) is 0.665. The minimum Gasteiger partial charge on any atom is -0.399 e. The molecule has 3 heteroatoms. The normalized spacial score (nSPS) is 12.3. The second kappa shape index (κ2) is 6.75. The number of hydrogen-bond donors (Lipinski definition) is 2. The van der Waals surface area contributed by atoms with Crippen LogP contribution in [0.4, 0.5) is 5.69 Å². The highest BCUT2D eigenvalue weighted by Gasteiger charge is 2.06. The van der Waals surface area contributed by atoms with Gasteiger partial charge in [-0.3, -0.25) is 4.79 Å². The lowest BCUT2D eigenvalue weighted by Crippen LogP contribution is -2.24. The van der Waals surface area contributed by atoms with E-state index in [9.17, 15) is 4.79 Å². The number of hydrogen-bond acceptors (Lipinski definition) is 2. The topological polar surface area (TPSA) is 55.1 Å². The molecule has 3 N–H and O–H groups in total. The zero-order chi connectivity index (χ0) is 15.2. The molecule has 0 aliphatic rings. The number of aryl methyl sites for hydroxylation is 1. The lowest BCUT2D eigenvalue weighted by atomic mass is 10.1. The van der Waals surface area contributed by atoms with Gasteiger partial charge < -0.3 is 11.1 Å². The lowest BCUT2D eigenvalue weighted by Gasteiger charge is -2.13. The first-order valence-electron chi connectivity index (χ1n) is 6.95. The molecule has 108 valence electrons. The molecule has 1 amide bonds. The van der Waals surface area contributed by atoms with E-state index in [1.807, 2.05) is 62.4 Å². The summed E-state index contributed by atoms with van der Waals surface area (Å²) < 4.78 is 0. The molecule has 0 bridgehead atoms. The maximum atomic E-state index is 11.9. The number of carbonyl (C=O) groups excluding carboxylic acids is 1. The van der Waals surface area contributed by atoms with Gasteiger partial charge in [0.1, 0.15) is 0 Å². The Kier molecular flexibility index (Phi) is 4.77. The van der Waals surface area contributed by atoms with Crippen LogP contribution >= 0.6 is 0 Å². The highest BCUT2D eigenvalue weighted by Crippen LogP contribution is 2.13. The summed E-state index contributed by atoms with van der Waals surface area (Å²) in [4.78, 5) is 11.9. The van der Waals surface area contributed by atoms with Crippen LogP contribution in [0.3, 0.4) is 0 Å². The van der Waals surface area contributed by atoms with Crippen LogP contribution in [-0.4, -0.2) is 5.91 Å². The summed E-state index contributed by atoms with van der Waals surface area (Å²) in [7, 11) is 0. The molecule has 0 saturated heterocycles. The summed E-state index contributed by atoms with van der Waals surface area (Å²) >= 11 is 0. The third-order valence-corrected chi connectivity index (χ3v) is 3.27. The van der Waals surface area contributed by atoms with Crippen molar-refractivity contribution < 1.29 is 4.79 Å². The van der Waals surface area contributed by atoms with E-state index in [0.717, 1.165) is 11.1 Å². The third-order valence-electron chi connectivity index (χ3n) is 3.27. The van der Waals surface area contributed by atoms with Crippen LogP contribution in [0.2, 0.25) is 0 Å². The van der Waals surface area contributed by atoms with Crippen LogP contribution in [0, 0.1) is 6.92 Å². The van der Waals surface area contributed by atoms with Crippen molar-refractivity contribution in [3.8, 4) is 0 Å². The van der Waals surface area contributed by atoms with Gasteiger partial charge in [-0.15, -0.1) is 0 Å². The first kappa shape index (κ1) is 14.9. The standard InChI is InChI=1S/C18H20N2O/c1-13-6-9-16(10-7-13)14(2)20-18(21)11-8-15-4-3-5-17(19)12-15/h3-12,14H,19H2,1-2H3,(H,20,21)/b11-8+/t14-/m1/s1. The number of nitrogen functional groups attached to an aromatic ring is 1. The molecule has 0 radical (unpaired) electrons. The Labute approximate surface area is 125 Å². The molecule has 0 aromatic heterocycles. The van der Waals surface area contributed by atoms with Crippen LogP contribution in [0.25, 0.3) is 6.08 Å². The predicted molar refractivity (Wildman–Crippen MR) is 87.6 cm³/mol. The Balaban J connectivity index is 1.96. The number of carbonyl (C=O) groups is 1. The van der Waals surface area contributed by atoms with Crippen LogP contribution in [0.15, 0.2) is 54.6 Å². The summed E-state index contributed by atoms with van der Waals surface area (Å²) in [5.74, 6) is -0.120. The molecule has 1 atom stereocenters. The molecule has 0 fully saturated rings. The fraction of sp³-hybridized carbons (Fsp3) is 0.167.